The average molecular weight is 261 g/mol. The maximum atomic E-state index is 8.90. The van der Waals surface area contributed by atoms with Crippen LogP contribution in [0.5, 0.6) is 5.75 Å². The second-order valence-electron chi connectivity index (χ2n) is 4.61. The van der Waals surface area contributed by atoms with Gasteiger partial charge in [-0.2, -0.15) is 5.26 Å². The molecule has 0 atom stereocenters. The highest BCUT2D eigenvalue weighted by Crippen LogP contribution is 2.19. The first-order chi connectivity index (χ1) is 9.31. The van der Waals surface area contributed by atoms with Crippen molar-refractivity contribution in [3.05, 3.63) is 29.3 Å². The number of ether oxygens (including phenoxy) is 2. The van der Waals surface area contributed by atoms with Gasteiger partial charge >= 0.3 is 0 Å². The van der Waals surface area contributed by atoms with Crippen LogP contribution in [-0.2, 0) is 11.3 Å². The molecule has 0 aromatic heterocycles. The minimum absolute atomic E-state index is 0.561. The summed E-state index contributed by atoms with van der Waals surface area (Å²) in [5.74, 6) is 0.617. The van der Waals surface area contributed by atoms with Gasteiger partial charge in [-0.05, 0) is 24.1 Å². The van der Waals surface area contributed by atoms with E-state index in [0.29, 0.717) is 17.9 Å². The van der Waals surface area contributed by atoms with E-state index < -0.39 is 0 Å². The SMILES string of the molecule is CCCCCCCOCc1ccc(C#N)c(OC)c1. The molecule has 19 heavy (non-hydrogen) atoms. The van der Waals surface area contributed by atoms with Gasteiger partial charge in [-0.25, -0.2) is 0 Å². The first-order valence-electron chi connectivity index (χ1n) is 6.96. The quantitative estimate of drug-likeness (QED) is 0.630. The smallest absolute Gasteiger partial charge is 0.136 e. The van der Waals surface area contributed by atoms with Gasteiger partial charge in [-0.3, -0.25) is 0 Å². The fourth-order valence-electron chi connectivity index (χ4n) is 1.92. The predicted molar refractivity (Wildman–Crippen MR) is 76.1 cm³/mol. The van der Waals surface area contributed by atoms with Gasteiger partial charge in [0.05, 0.1) is 19.3 Å². The molecule has 0 saturated heterocycles. The van der Waals surface area contributed by atoms with Crippen LogP contribution in [0.1, 0.15) is 50.2 Å². The largest absolute Gasteiger partial charge is 0.495 e. The van der Waals surface area contributed by atoms with Crippen molar-refractivity contribution in [2.75, 3.05) is 13.7 Å². The zero-order valence-corrected chi connectivity index (χ0v) is 11.9. The van der Waals surface area contributed by atoms with Crippen molar-refractivity contribution < 1.29 is 9.47 Å². The van der Waals surface area contributed by atoms with E-state index in [1.807, 2.05) is 12.1 Å². The van der Waals surface area contributed by atoms with Crippen molar-refractivity contribution >= 4 is 0 Å². The second-order valence-corrected chi connectivity index (χ2v) is 4.61. The van der Waals surface area contributed by atoms with Crippen LogP contribution in [0.25, 0.3) is 0 Å². The fraction of sp³-hybridized carbons (Fsp3) is 0.562. The molecule has 0 aliphatic carbocycles. The first kappa shape index (κ1) is 15.5. The summed E-state index contributed by atoms with van der Waals surface area (Å²) < 4.78 is 10.8. The Kier molecular flexibility index (Phi) is 7.69. The third kappa shape index (κ3) is 5.76. The third-order valence-electron chi connectivity index (χ3n) is 3.05. The van der Waals surface area contributed by atoms with Gasteiger partial charge in [0.2, 0.25) is 0 Å². The molecule has 3 heteroatoms. The van der Waals surface area contributed by atoms with Crippen LogP contribution in [0.4, 0.5) is 0 Å². The fourth-order valence-corrected chi connectivity index (χ4v) is 1.92. The third-order valence-corrected chi connectivity index (χ3v) is 3.05. The molecule has 0 spiro atoms. The number of unbranched alkanes of at least 4 members (excludes halogenated alkanes) is 4. The summed E-state index contributed by atoms with van der Waals surface area (Å²) >= 11 is 0. The van der Waals surface area contributed by atoms with Crippen LogP contribution in [0.15, 0.2) is 18.2 Å². The number of methoxy groups -OCH3 is 1. The Morgan fingerprint density at radius 2 is 1.95 bits per heavy atom. The van der Waals surface area contributed by atoms with Gasteiger partial charge in [0.15, 0.2) is 0 Å². The van der Waals surface area contributed by atoms with Gasteiger partial charge < -0.3 is 9.47 Å². The van der Waals surface area contributed by atoms with E-state index in [1.54, 1.807) is 13.2 Å². The van der Waals surface area contributed by atoms with Crippen molar-refractivity contribution in [3.63, 3.8) is 0 Å². The Morgan fingerprint density at radius 3 is 2.63 bits per heavy atom. The average Bonchev–Trinajstić information content (AvgIpc) is 2.46. The minimum Gasteiger partial charge on any atom is -0.495 e. The van der Waals surface area contributed by atoms with Gasteiger partial charge in [0, 0.05) is 6.61 Å². The van der Waals surface area contributed by atoms with Crippen molar-refractivity contribution in [1.82, 2.24) is 0 Å². The van der Waals surface area contributed by atoms with Crippen LogP contribution in [0.3, 0.4) is 0 Å². The van der Waals surface area contributed by atoms with Crippen LogP contribution in [-0.4, -0.2) is 13.7 Å². The lowest BCUT2D eigenvalue weighted by atomic mass is 10.1. The molecule has 0 heterocycles. The zero-order chi connectivity index (χ0) is 13.9. The Hall–Kier alpha value is -1.53. The van der Waals surface area contributed by atoms with E-state index in [-0.39, 0.29) is 0 Å². The lowest BCUT2D eigenvalue weighted by Gasteiger charge is -2.07. The summed E-state index contributed by atoms with van der Waals surface area (Å²) in [6.07, 6.45) is 6.24. The molecule has 0 amide bonds. The number of hydrogen-bond donors (Lipinski definition) is 0. The Morgan fingerprint density at radius 1 is 1.16 bits per heavy atom. The molecule has 104 valence electrons. The lowest BCUT2D eigenvalue weighted by molar-refractivity contribution is 0.116. The zero-order valence-electron chi connectivity index (χ0n) is 11.9. The Balaban J connectivity index is 2.28. The molecule has 0 fully saturated rings. The van der Waals surface area contributed by atoms with E-state index >= 15 is 0 Å². The second kappa shape index (κ2) is 9.41. The number of nitrogens with zero attached hydrogens (tertiary/aromatic N) is 1. The molecule has 1 rings (SSSR count). The van der Waals surface area contributed by atoms with Gasteiger partial charge in [-0.15, -0.1) is 0 Å². The van der Waals surface area contributed by atoms with E-state index in [4.69, 9.17) is 14.7 Å². The van der Waals surface area contributed by atoms with Gasteiger partial charge in [-0.1, -0.05) is 38.7 Å². The molecule has 0 aliphatic rings. The van der Waals surface area contributed by atoms with Crippen LogP contribution in [0, 0.1) is 11.3 Å². The summed E-state index contributed by atoms with van der Waals surface area (Å²) in [5.41, 5.74) is 1.61. The molecular formula is C16H23NO2. The highest BCUT2D eigenvalue weighted by atomic mass is 16.5. The monoisotopic (exact) mass is 261 g/mol. The Labute approximate surface area is 116 Å². The molecule has 0 N–H and O–H groups in total. The van der Waals surface area contributed by atoms with Crippen LogP contribution >= 0.6 is 0 Å². The Bertz CT molecular complexity index is 410. The first-order valence-corrected chi connectivity index (χ1v) is 6.96. The highest BCUT2D eigenvalue weighted by Gasteiger charge is 2.03. The lowest BCUT2D eigenvalue weighted by Crippen LogP contribution is -1.97. The topological polar surface area (TPSA) is 42.2 Å². The number of hydrogen-bond acceptors (Lipinski definition) is 3. The molecule has 1 aromatic rings. The summed E-state index contributed by atoms with van der Waals surface area (Å²) in [5, 5.41) is 8.90. The maximum absolute atomic E-state index is 8.90. The molecule has 3 nitrogen and oxygen atoms in total. The molecule has 0 saturated carbocycles. The molecule has 0 unspecified atom stereocenters. The molecule has 0 bridgehead atoms. The minimum atomic E-state index is 0.561. The van der Waals surface area contributed by atoms with Crippen LogP contribution in [0.2, 0.25) is 0 Å². The van der Waals surface area contributed by atoms with E-state index in [2.05, 4.69) is 13.0 Å². The maximum Gasteiger partial charge on any atom is 0.136 e. The highest BCUT2D eigenvalue weighted by molar-refractivity contribution is 5.45. The molecular weight excluding hydrogens is 238 g/mol. The summed E-state index contributed by atoms with van der Waals surface area (Å²) in [6, 6.07) is 7.67. The number of rotatable bonds is 9. The molecule has 0 radical (unpaired) electrons. The normalized spacial score (nSPS) is 10.2. The van der Waals surface area contributed by atoms with E-state index in [0.717, 1.165) is 18.6 Å². The van der Waals surface area contributed by atoms with Crippen LogP contribution < -0.4 is 4.74 Å². The summed E-state index contributed by atoms with van der Waals surface area (Å²) in [7, 11) is 1.58. The summed E-state index contributed by atoms with van der Waals surface area (Å²) in [4.78, 5) is 0. The molecule has 1 aromatic carbocycles. The van der Waals surface area contributed by atoms with Crippen molar-refractivity contribution in [1.29, 1.82) is 5.26 Å². The molecule has 0 aliphatic heterocycles. The standard InChI is InChI=1S/C16H23NO2/c1-3-4-5-6-7-10-19-13-14-8-9-15(12-17)16(11-14)18-2/h8-9,11H,3-7,10,13H2,1-2H3. The van der Waals surface area contributed by atoms with Crippen molar-refractivity contribution in [3.8, 4) is 11.8 Å². The van der Waals surface area contributed by atoms with Gasteiger partial charge in [0.1, 0.15) is 11.8 Å². The number of nitriles is 1. The van der Waals surface area contributed by atoms with Crippen molar-refractivity contribution in [2.24, 2.45) is 0 Å². The van der Waals surface area contributed by atoms with E-state index in [9.17, 15) is 0 Å². The number of benzene rings is 1. The summed E-state index contributed by atoms with van der Waals surface area (Å²) in [6.45, 7) is 3.59. The van der Waals surface area contributed by atoms with Crippen molar-refractivity contribution in [2.45, 2.75) is 45.6 Å². The van der Waals surface area contributed by atoms with E-state index in [1.165, 1.54) is 25.7 Å². The predicted octanol–water partition coefficient (Wildman–Crippen LogP) is 4.05. The van der Waals surface area contributed by atoms with Gasteiger partial charge in [0.25, 0.3) is 0 Å².